The Balaban J connectivity index is 1.31. The number of nitrogens with one attached hydrogen (secondary N) is 3. The number of benzene rings is 2. The third-order valence-corrected chi connectivity index (χ3v) is 9.09. The molecule has 0 aromatic heterocycles. The Morgan fingerprint density at radius 3 is 2.65 bits per heavy atom. The lowest BCUT2D eigenvalue weighted by atomic mass is 9.75. The van der Waals surface area contributed by atoms with Crippen LogP contribution >= 0.6 is 0 Å². The molecule has 3 atom stereocenters. The van der Waals surface area contributed by atoms with E-state index in [1.807, 2.05) is 55.5 Å². The van der Waals surface area contributed by atoms with Crippen molar-refractivity contribution in [3.05, 3.63) is 71.8 Å². The number of ether oxygens (including phenoxy) is 2. The second kappa shape index (κ2) is 14.2. The lowest BCUT2D eigenvalue weighted by Gasteiger charge is -2.40. The van der Waals surface area contributed by atoms with E-state index in [0.717, 1.165) is 24.0 Å². The van der Waals surface area contributed by atoms with Gasteiger partial charge >= 0.3 is 0 Å². The topological polar surface area (TPSA) is 109 Å². The number of methoxy groups -OCH3 is 1. The quantitative estimate of drug-likeness (QED) is 0.445. The molecule has 3 amide bonds. The van der Waals surface area contributed by atoms with Gasteiger partial charge in [0.05, 0.1) is 24.8 Å². The van der Waals surface area contributed by atoms with Crippen molar-refractivity contribution in [3.8, 4) is 5.75 Å². The molecular weight excluding hydrogens is 544 g/mol. The van der Waals surface area contributed by atoms with Crippen molar-refractivity contribution in [3.63, 3.8) is 0 Å². The maximum Gasteiger partial charge on any atom is 0.243 e. The van der Waals surface area contributed by atoms with Crippen LogP contribution in [0.5, 0.6) is 5.75 Å². The molecule has 3 N–H and O–H groups in total. The Bertz CT molecular complexity index is 1310. The minimum atomic E-state index is -0.674. The Labute approximate surface area is 254 Å². The highest BCUT2D eigenvalue weighted by Gasteiger charge is 2.41. The van der Waals surface area contributed by atoms with Gasteiger partial charge in [-0.1, -0.05) is 48.6 Å². The fourth-order valence-corrected chi connectivity index (χ4v) is 6.51. The first-order chi connectivity index (χ1) is 20.8. The second-order valence-electron chi connectivity index (χ2n) is 12.2. The summed E-state index contributed by atoms with van der Waals surface area (Å²) in [6.07, 6.45) is 8.06. The van der Waals surface area contributed by atoms with E-state index in [9.17, 15) is 14.4 Å². The molecule has 3 aliphatic rings. The Kier molecular flexibility index (Phi) is 10.1. The number of nitrogens with zero attached hydrogens (tertiary/aromatic N) is 1. The summed E-state index contributed by atoms with van der Waals surface area (Å²) in [6.45, 7) is 4.67. The average Bonchev–Trinajstić information content (AvgIpc) is 3.00. The first-order valence-electron chi connectivity index (χ1n) is 15.4. The standard InChI is InChI=1S/C34H44N4O5/c1-24-11-12-30(42-2)28(20-24)35-31(39)23-38-17-13-27-26(22-38)10-6-7-14-34(15-18-43-19-16-34)33(41)37-29(32(40)36-27)21-25-8-4-3-5-9-25/h3-9,11-12,20,26-27,29H,10,13-19,21-23H2,1-2H3,(H,35,39)(H,36,40)(H,37,41)/b7-6+/t26-,27-,29-/m0/s1. The van der Waals surface area contributed by atoms with Crippen molar-refractivity contribution >= 4 is 23.4 Å². The smallest absolute Gasteiger partial charge is 0.243 e. The summed E-state index contributed by atoms with van der Waals surface area (Å²) in [6, 6.07) is 14.8. The molecule has 0 aliphatic carbocycles. The van der Waals surface area contributed by atoms with Crippen molar-refractivity contribution < 1.29 is 23.9 Å². The average molecular weight is 589 g/mol. The molecule has 0 unspecified atom stereocenters. The highest BCUT2D eigenvalue weighted by molar-refractivity contribution is 5.94. The Hall–Kier alpha value is -3.69. The van der Waals surface area contributed by atoms with Gasteiger partial charge in [0, 0.05) is 38.8 Å². The monoisotopic (exact) mass is 588 g/mol. The number of allylic oxidation sites excluding steroid dienone is 2. The van der Waals surface area contributed by atoms with Gasteiger partial charge in [-0.05, 0) is 68.2 Å². The fraction of sp³-hybridized carbons (Fsp3) is 0.500. The van der Waals surface area contributed by atoms with Crippen LogP contribution in [0.1, 0.15) is 43.2 Å². The summed E-state index contributed by atoms with van der Waals surface area (Å²) in [5.74, 6) is 0.441. The van der Waals surface area contributed by atoms with Gasteiger partial charge in [-0.15, -0.1) is 0 Å². The van der Waals surface area contributed by atoms with E-state index in [1.54, 1.807) is 7.11 Å². The molecule has 9 nitrogen and oxygen atoms in total. The molecule has 0 bridgehead atoms. The maximum atomic E-state index is 13.8. The molecule has 43 heavy (non-hydrogen) atoms. The molecule has 0 saturated carbocycles. The lowest BCUT2D eigenvalue weighted by Crippen LogP contribution is -2.58. The molecular formula is C34H44N4O5. The van der Waals surface area contributed by atoms with E-state index in [0.29, 0.717) is 63.4 Å². The second-order valence-corrected chi connectivity index (χ2v) is 12.2. The molecule has 230 valence electrons. The number of aryl methyl sites for hydroxylation is 1. The zero-order chi connectivity index (χ0) is 30.2. The van der Waals surface area contributed by atoms with Gasteiger partial charge in [0.25, 0.3) is 0 Å². The van der Waals surface area contributed by atoms with E-state index in [4.69, 9.17) is 9.47 Å². The third-order valence-electron chi connectivity index (χ3n) is 9.09. The predicted molar refractivity (Wildman–Crippen MR) is 166 cm³/mol. The number of carbonyl (C=O) groups excluding carboxylic acids is 3. The molecule has 2 aromatic carbocycles. The number of carbonyl (C=O) groups is 3. The van der Waals surface area contributed by atoms with Gasteiger partial charge in [0.1, 0.15) is 11.8 Å². The molecule has 0 radical (unpaired) electrons. The molecule has 2 aromatic rings. The minimum Gasteiger partial charge on any atom is -0.495 e. The predicted octanol–water partition coefficient (Wildman–Crippen LogP) is 3.62. The first-order valence-corrected chi connectivity index (χ1v) is 15.4. The zero-order valence-corrected chi connectivity index (χ0v) is 25.3. The van der Waals surface area contributed by atoms with Crippen LogP contribution in [0.4, 0.5) is 5.69 Å². The van der Waals surface area contributed by atoms with Crippen molar-refractivity contribution in [2.45, 2.75) is 57.5 Å². The van der Waals surface area contributed by atoms with Crippen LogP contribution in [-0.2, 0) is 25.5 Å². The van der Waals surface area contributed by atoms with Crippen LogP contribution in [-0.4, -0.2) is 74.7 Å². The molecule has 2 saturated heterocycles. The number of fused-ring (bicyclic) bond motifs is 1. The molecule has 1 spiro atoms. The minimum absolute atomic E-state index is 0.0556. The summed E-state index contributed by atoms with van der Waals surface area (Å²) in [7, 11) is 1.59. The molecule has 2 fully saturated rings. The number of anilines is 1. The summed E-state index contributed by atoms with van der Waals surface area (Å²) < 4.78 is 11.0. The van der Waals surface area contributed by atoms with Gasteiger partial charge < -0.3 is 25.4 Å². The largest absolute Gasteiger partial charge is 0.495 e. The molecule has 9 heteroatoms. The van der Waals surface area contributed by atoms with Crippen molar-refractivity contribution in [2.24, 2.45) is 11.3 Å². The molecule has 5 rings (SSSR count). The van der Waals surface area contributed by atoms with Gasteiger partial charge in [0.15, 0.2) is 0 Å². The van der Waals surface area contributed by atoms with Crippen LogP contribution in [0.15, 0.2) is 60.7 Å². The third kappa shape index (κ3) is 7.83. The van der Waals surface area contributed by atoms with Crippen LogP contribution in [0, 0.1) is 18.3 Å². The van der Waals surface area contributed by atoms with Gasteiger partial charge in [-0.2, -0.15) is 0 Å². The van der Waals surface area contributed by atoms with E-state index in [2.05, 4.69) is 33.0 Å². The van der Waals surface area contributed by atoms with E-state index < -0.39 is 11.5 Å². The zero-order valence-electron chi connectivity index (χ0n) is 25.3. The number of hydrogen-bond acceptors (Lipinski definition) is 6. The normalized spacial score (nSPS) is 25.3. The molecule has 3 heterocycles. The number of rotatable bonds is 6. The number of likely N-dealkylation sites (tertiary alicyclic amines) is 1. The van der Waals surface area contributed by atoms with Crippen molar-refractivity contribution in [1.82, 2.24) is 15.5 Å². The van der Waals surface area contributed by atoms with Crippen LogP contribution < -0.4 is 20.7 Å². The summed E-state index contributed by atoms with van der Waals surface area (Å²) in [5.41, 5.74) is 2.11. The Morgan fingerprint density at radius 1 is 1.09 bits per heavy atom. The first kappa shape index (κ1) is 30.8. The summed E-state index contributed by atoms with van der Waals surface area (Å²) >= 11 is 0. The number of hydrogen-bond donors (Lipinski definition) is 3. The maximum absolute atomic E-state index is 13.8. The summed E-state index contributed by atoms with van der Waals surface area (Å²) in [4.78, 5) is 42.8. The fourth-order valence-electron chi connectivity index (χ4n) is 6.51. The molecule has 3 aliphatic heterocycles. The number of amides is 3. The van der Waals surface area contributed by atoms with E-state index in [-0.39, 0.29) is 36.2 Å². The summed E-state index contributed by atoms with van der Waals surface area (Å²) in [5, 5.41) is 9.46. The van der Waals surface area contributed by atoms with E-state index in [1.165, 1.54) is 0 Å². The van der Waals surface area contributed by atoms with Gasteiger partial charge in [0.2, 0.25) is 17.7 Å². The van der Waals surface area contributed by atoms with Crippen LogP contribution in [0.25, 0.3) is 0 Å². The highest BCUT2D eigenvalue weighted by atomic mass is 16.5. The Morgan fingerprint density at radius 2 is 1.88 bits per heavy atom. The van der Waals surface area contributed by atoms with Crippen molar-refractivity contribution in [2.75, 3.05) is 45.3 Å². The highest BCUT2D eigenvalue weighted by Crippen LogP contribution is 2.36. The SMILES string of the molecule is COc1ccc(C)cc1NC(=O)CN1CC[C@@H]2NC(=O)[C@H](Cc3ccccc3)NC(=O)C3(C/C=C/C[C@H]2C1)CCOCC3. The lowest BCUT2D eigenvalue weighted by molar-refractivity contribution is -0.140. The van der Waals surface area contributed by atoms with E-state index >= 15 is 0 Å². The van der Waals surface area contributed by atoms with Gasteiger partial charge in [-0.3, -0.25) is 19.3 Å². The van der Waals surface area contributed by atoms with Crippen molar-refractivity contribution in [1.29, 1.82) is 0 Å². The number of piperidine rings is 1. The van der Waals surface area contributed by atoms with Crippen LogP contribution in [0.3, 0.4) is 0 Å². The van der Waals surface area contributed by atoms with Gasteiger partial charge in [-0.25, -0.2) is 0 Å². The van der Waals surface area contributed by atoms with Crippen LogP contribution in [0.2, 0.25) is 0 Å².